The van der Waals surface area contributed by atoms with E-state index in [0.29, 0.717) is 30.5 Å². The molecule has 9 nitrogen and oxygen atoms in total. The number of nitrogens with two attached hydrogens (primary N) is 1. The molecule has 2 aromatic carbocycles. The molecule has 2 aromatic rings. The van der Waals surface area contributed by atoms with Gasteiger partial charge in [0.25, 0.3) is 0 Å². The van der Waals surface area contributed by atoms with Crippen LogP contribution in [0.25, 0.3) is 4.91 Å². The van der Waals surface area contributed by atoms with Crippen LogP contribution < -0.4 is 15.8 Å². The van der Waals surface area contributed by atoms with Crippen LogP contribution in [0.1, 0.15) is 64.0 Å². The van der Waals surface area contributed by atoms with Gasteiger partial charge in [0, 0.05) is 17.6 Å². The lowest BCUT2D eigenvalue weighted by Gasteiger charge is -2.38. The Bertz CT molecular complexity index is 1410. The van der Waals surface area contributed by atoms with E-state index in [9.17, 15) is 18.0 Å². The van der Waals surface area contributed by atoms with Crippen molar-refractivity contribution in [1.29, 1.82) is 0 Å². The zero-order valence-electron chi connectivity index (χ0n) is 24.9. The number of hydrogen-bond donors (Lipinski definition) is 3. The molecule has 2 aliphatic rings. The van der Waals surface area contributed by atoms with Crippen LogP contribution in [0.3, 0.4) is 0 Å². The number of amides is 2. The number of halogens is 2. The Kier molecular flexibility index (Phi) is 12.0. The van der Waals surface area contributed by atoms with E-state index in [4.69, 9.17) is 10.5 Å². The van der Waals surface area contributed by atoms with Crippen molar-refractivity contribution in [2.45, 2.75) is 76.6 Å². The summed E-state index contributed by atoms with van der Waals surface area (Å²) in [5.41, 5.74) is 6.28. The van der Waals surface area contributed by atoms with Crippen LogP contribution in [0.5, 0.6) is 0 Å². The lowest BCUT2D eigenvalue weighted by atomic mass is 9.76. The van der Waals surface area contributed by atoms with Crippen molar-refractivity contribution in [2.75, 3.05) is 19.7 Å². The maximum absolute atomic E-state index is 14.1. The SMILES string of the molecule is CCN(CC1=C(c2ccc(Br)cc2)S(=O)(=O)NC12CCCCC2)C(=O)[C@@H](COCc1ccccc1)NC(=O)C(C)(C)N.Cl. The van der Waals surface area contributed by atoms with Gasteiger partial charge in [0.15, 0.2) is 0 Å². The van der Waals surface area contributed by atoms with Gasteiger partial charge in [-0.1, -0.05) is 77.7 Å². The predicted octanol–water partition coefficient (Wildman–Crippen LogP) is 4.51. The van der Waals surface area contributed by atoms with Crippen molar-refractivity contribution in [3.63, 3.8) is 0 Å². The predicted molar refractivity (Wildman–Crippen MR) is 175 cm³/mol. The van der Waals surface area contributed by atoms with Gasteiger partial charge in [0.2, 0.25) is 21.8 Å². The lowest BCUT2D eigenvalue weighted by molar-refractivity contribution is -0.139. The number of ether oxygens (including phenoxy) is 1. The minimum atomic E-state index is -3.83. The third-order valence-corrected chi connectivity index (χ3v) is 10.1. The van der Waals surface area contributed by atoms with Crippen molar-refractivity contribution in [1.82, 2.24) is 14.9 Å². The average Bonchev–Trinajstić information content (AvgIpc) is 3.16. The number of nitrogens with zero attached hydrogens (tertiary/aromatic N) is 1. The molecule has 1 aliphatic carbocycles. The highest BCUT2D eigenvalue weighted by atomic mass is 79.9. The number of rotatable bonds is 11. The van der Waals surface area contributed by atoms with Gasteiger partial charge in [-0.25, -0.2) is 13.1 Å². The van der Waals surface area contributed by atoms with E-state index in [-0.39, 0.29) is 43.0 Å². The van der Waals surface area contributed by atoms with Crippen molar-refractivity contribution in [3.05, 3.63) is 75.8 Å². The smallest absolute Gasteiger partial charge is 0.247 e. The second kappa shape index (κ2) is 14.7. The second-order valence-corrected chi connectivity index (χ2v) is 14.2. The van der Waals surface area contributed by atoms with E-state index in [0.717, 1.165) is 29.3 Å². The monoisotopic (exact) mass is 696 g/mol. The molecule has 1 saturated carbocycles. The van der Waals surface area contributed by atoms with Gasteiger partial charge < -0.3 is 20.7 Å². The van der Waals surface area contributed by atoms with Gasteiger partial charge in [0.1, 0.15) is 6.04 Å². The van der Waals surface area contributed by atoms with Gasteiger partial charge in [0.05, 0.1) is 29.2 Å². The van der Waals surface area contributed by atoms with E-state index in [1.165, 1.54) is 0 Å². The number of carbonyl (C=O) groups excluding carboxylic acids is 2. The van der Waals surface area contributed by atoms with Gasteiger partial charge >= 0.3 is 0 Å². The molecule has 1 heterocycles. The van der Waals surface area contributed by atoms with Crippen LogP contribution >= 0.6 is 28.3 Å². The molecule has 1 aliphatic heterocycles. The Morgan fingerprint density at radius 1 is 1.09 bits per heavy atom. The van der Waals surface area contributed by atoms with Gasteiger partial charge in [-0.15, -0.1) is 12.4 Å². The number of sulfonamides is 1. The minimum Gasteiger partial charge on any atom is -0.374 e. The fourth-order valence-electron chi connectivity index (χ4n) is 5.61. The van der Waals surface area contributed by atoms with E-state index in [2.05, 4.69) is 26.0 Å². The highest BCUT2D eigenvalue weighted by Crippen LogP contribution is 2.46. The normalized spacial score (nSPS) is 18.2. The van der Waals surface area contributed by atoms with Crippen LogP contribution in [0.4, 0.5) is 0 Å². The lowest BCUT2D eigenvalue weighted by Crippen LogP contribution is -2.58. The number of benzene rings is 2. The molecule has 43 heavy (non-hydrogen) atoms. The van der Waals surface area contributed by atoms with Gasteiger partial charge in [-0.2, -0.15) is 0 Å². The molecule has 1 fully saturated rings. The number of hydrogen-bond acceptors (Lipinski definition) is 6. The molecule has 236 valence electrons. The summed E-state index contributed by atoms with van der Waals surface area (Å²) in [7, 11) is -3.83. The summed E-state index contributed by atoms with van der Waals surface area (Å²) in [5, 5.41) is 2.78. The number of carbonyl (C=O) groups is 2. The van der Waals surface area contributed by atoms with Gasteiger partial charge in [-0.3, -0.25) is 9.59 Å². The van der Waals surface area contributed by atoms with E-state index in [1.807, 2.05) is 49.4 Å². The molecule has 0 saturated heterocycles. The largest absolute Gasteiger partial charge is 0.374 e. The van der Waals surface area contributed by atoms with E-state index >= 15 is 0 Å². The quantitative estimate of drug-likeness (QED) is 0.317. The highest BCUT2D eigenvalue weighted by Gasteiger charge is 2.50. The Hall–Kier alpha value is -2.28. The summed E-state index contributed by atoms with van der Waals surface area (Å²) in [5.74, 6) is -0.843. The summed E-state index contributed by atoms with van der Waals surface area (Å²) >= 11 is 3.43. The molecule has 1 atom stereocenters. The van der Waals surface area contributed by atoms with Crippen LogP contribution in [0, 0.1) is 0 Å². The summed E-state index contributed by atoms with van der Waals surface area (Å²) in [6.45, 7) is 5.61. The molecular weight excluding hydrogens is 656 g/mol. The molecule has 0 radical (unpaired) electrons. The number of nitrogens with one attached hydrogen (secondary N) is 2. The van der Waals surface area contributed by atoms with Crippen LogP contribution in [-0.2, 0) is 31.0 Å². The van der Waals surface area contributed by atoms with Crippen molar-refractivity contribution < 1.29 is 22.7 Å². The highest BCUT2D eigenvalue weighted by molar-refractivity contribution is 9.10. The molecule has 1 spiro atoms. The summed E-state index contributed by atoms with van der Waals surface area (Å²) in [6, 6.07) is 15.7. The molecule has 4 N–H and O–H groups in total. The third-order valence-electron chi connectivity index (χ3n) is 7.89. The van der Waals surface area contributed by atoms with Crippen LogP contribution in [-0.4, -0.2) is 61.9 Å². The summed E-state index contributed by atoms with van der Waals surface area (Å²) < 4.78 is 37.1. The van der Waals surface area contributed by atoms with Crippen molar-refractivity contribution in [3.8, 4) is 0 Å². The Morgan fingerprint density at radius 2 is 1.72 bits per heavy atom. The van der Waals surface area contributed by atoms with Crippen LogP contribution in [0.15, 0.2) is 64.6 Å². The van der Waals surface area contributed by atoms with E-state index in [1.54, 1.807) is 30.9 Å². The van der Waals surface area contributed by atoms with E-state index < -0.39 is 33.1 Å². The molecular formula is C31H42BrClN4O5S. The fourth-order valence-corrected chi connectivity index (χ4v) is 7.85. The molecule has 12 heteroatoms. The second-order valence-electron chi connectivity index (χ2n) is 11.7. The summed E-state index contributed by atoms with van der Waals surface area (Å²) in [4.78, 5) is 28.8. The first-order valence-electron chi connectivity index (χ1n) is 14.4. The number of likely N-dealkylation sites (N-methyl/N-ethyl adjacent to an activating group) is 1. The minimum absolute atomic E-state index is 0. The Morgan fingerprint density at radius 3 is 2.30 bits per heavy atom. The first kappa shape index (κ1) is 35.2. The maximum Gasteiger partial charge on any atom is 0.247 e. The third kappa shape index (κ3) is 8.46. The molecule has 0 bridgehead atoms. The first-order valence-corrected chi connectivity index (χ1v) is 16.7. The zero-order chi connectivity index (χ0) is 30.5. The first-order chi connectivity index (χ1) is 19.9. The summed E-state index contributed by atoms with van der Waals surface area (Å²) in [6.07, 6.45) is 4.13. The fraction of sp³-hybridized carbons (Fsp3) is 0.484. The molecule has 4 rings (SSSR count). The molecule has 0 unspecified atom stereocenters. The van der Waals surface area contributed by atoms with Crippen LogP contribution in [0.2, 0.25) is 0 Å². The standard InChI is InChI=1S/C31H41BrN4O5S.ClH/c1-4-36(28(37)26(34-29(38)30(2,3)33)21-41-20-22-11-7-5-8-12-22)19-25-27(23-13-15-24(32)16-14-23)42(39,40)35-31(25)17-9-6-10-18-31;/h5,7-8,11-16,26,35H,4,6,9-10,17-21,33H2,1-3H3,(H,34,38);1H/t26-;/m1./s1. The Balaban J connectivity index is 0.00000506. The topological polar surface area (TPSA) is 131 Å². The molecule has 2 amide bonds. The molecule has 0 aromatic heterocycles. The maximum atomic E-state index is 14.1. The van der Waals surface area contributed by atoms with Crippen molar-refractivity contribution >= 4 is 55.1 Å². The van der Waals surface area contributed by atoms with Crippen molar-refractivity contribution in [2.24, 2.45) is 5.73 Å². The van der Waals surface area contributed by atoms with Gasteiger partial charge in [-0.05, 0) is 62.4 Å². The average molecular weight is 698 g/mol. The Labute approximate surface area is 269 Å². The zero-order valence-corrected chi connectivity index (χ0v) is 28.1.